The Hall–Kier alpha value is -2.82. The number of hydrogen-bond donors (Lipinski definition) is 2. The van der Waals surface area contributed by atoms with Crippen molar-refractivity contribution in [2.45, 2.75) is 25.7 Å². The molecule has 1 fully saturated rings. The number of carbonyl (C=O) groups is 1. The summed E-state index contributed by atoms with van der Waals surface area (Å²) in [5, 5.41) is 3.15. The summed E-state index contributed by atoms with van der Waals surface area (Å²) in [6.07, 6.45) is 1.94. The monoisotopic (exact) mass is 362 g/mol. The van der Waals surface area contributed by atoms with Crippen LogP contribution in [0.25, 0.3) is 11.0 Å². The molecule has 4 rings (SSSR count). The minimum atomic E-state index is 0.00920. The van der Waals surface area contributed by atoms with Gasteiger partial charge < -0.3 is 15.2 Å². The maximum absolute atomic E-state index is 12.7. The van der Waals surface area contributed by atoms with Crippen LogP contribution in [0, 0.1) is 5.92 Å². The highest BCUT2D eigenvalue weighted by molar-refractivity contribution is 5.80. The number of aromatic nitrogens is 2. The van der Waals surface area contributed by atoms with Crippen LogP contribution in [0.15, 0.2) is 54.6 Å². The van der Waals surface area contributed by atoms with E-state index in [1.807, 2.05) is 42.5 Å². The Kier molecular flexibility index (Phi) is 5.10. The van der Waals surface area contributed by atoms with E-state index in [0.29, 0.717) is 19.0 Å². The van der Waals surface area contributed by atoms with E-state index in [-0.39, 0.29) is 11.8 Å². The second kappa shape index (κ2) is 7.82. The van der Waals surface area contributed by atoms with E-state index in [4.69, 9.17) is 0 Å². The topological polar surface area (TPSA) is 61.0 Å². The molecule has 1 saturated heterocycles. The van der Waals surface area contributed by atoms with Gasteiger partial charge in [0, 0.05) is 19.6 Å². The van der Waals surface area contributed by atoms with Gasteiger partial charge in [0.05, 0.1) is 17.0 Å². The average Bonchev–Trinajstić information content (AvgIpc) is 3.17. The number of anilines is 1. The van der Waals surface area contributed by atoms with Crippen molar-refractivity contribution >= 4 is 22.9 Å². The van der Waals surface area contributed by atoms with Gasteiger partial charge in [-0.3, -0.25) is 4.79 Å². The second-order valence-electron chi connectivity index (χ2n) is 7.42. The van der Waals surface area contributed by atoms with Crippen molar-refractivity contribution in [3.8, 4) is 0 Å². The standard InChI is InChI=1S/C22H26N4O/c1-16(17-8-3-2-4-9-17)14-23-21(27)18-10-7-13-26(15-18)22-24-19-11-5-6-12-20(19)25-22/h2-6,8-9,11-12,16,18H,7,10,13-15H2,1H3,(H,23,27)(H,24,25). The van der Waals surface area contributed by atoms with Crippen molar-refractivity contribution in [2.75, 3.05) is 24.5 Å². The van der Waals surface area contributed by atoms with Crippen molar-refractivity contribution in [3.05, 3.63) is 60.2 Å². The molecule has 1 aliphatic heterocycles. The van der Waals surface area contributed by atoms with E-state index in [1.54, 1.807) is 0 Å². The quantitative estimate of drug-likeness (QED) is 0.727. The zero-order chi connectivity index (χ0) is 18.6. The number of H-pyrrole nitrogens is 1. The highest BCUT2D eigenvalue weighted by Gasteiger charge is 2.27. The lowest BCUT2D eigenvalue weighted by molar-refractivity contribution is -0.125. The maximum atomic E-state index is 12.7. The molecule has 1 amide bonds. The molecule has 5 heteroatoms. The molecule has 2 unspecified atom stereocenters. The van der Waals surface area contributed by atoms with Gasteiger partial charge in [0.2, 0.25) is 11.9 Å². The second-order valence-corrected chi connectivity index (χ2v) is 7.42. The highest BCUT2D eigenvalue weighted by atomic mass is 16.1. The number of hydrogen-bond acceptors (Lipinski definition) is 3. The summed E-state index contributed by atoms with van der Waals surface area (Å²) in [5.41, 5.74) is 3.26. The summed E-state index contributed by atoms with van der Waals surface area (Å²) in [6, 6.07) is 18.4. The van der Waals surface area contributed by atoms with Crippen molar-refractivity contribution in [1.29, 1.82) is 0 Å². The highest BCUT2D eigenvalue weighted by Crippen LogP contribution is 2.24. The van der Waals surface area contributed by atoms with Crippen LogP contribution in [-0.4, -0.2) is 35.5 Å². The lowest BCUT2D eigenvalue weighted by Gasteiger charge is -2.32. The van der Waals surface area contributed by atoms with Crippen molar-refractivity contribution in [1.82, 2.24) is 15.3 Å². The van der Waals surface area contributed by atoms with Gasteiger partial charge >= 0.3 is 0 Å². The molecule has 2 heterocycles. The average molecular weight is 362 g/mol. The predicted molar refractivity (Wildman–Crippen MR) is 109 cm³/mol. The lowest BCUT2D eigenvalue weighted by Crippen LogP contribution is -2.44. The molecule has 1 aromatic heterocycles. The van der Waals surface area contributed by atoms with Crippen LogP contribution in [0.1, 0.15) is 31.2 Å². The van der Waals surface area contributed by atoms with Crippen molar-refractivity contribution in [3.63, 3.8) is 0 Å². The van der Waals surface area contributed by atoms with Crippen LogP contribution in [0.5, 0.6) is 0 Å². The van der Waals surface area contributed by atoms with E-state index in [1.165, 1.54) is 5.56 Å². The number of amides is 1. The Labute approximate surface area is 159 Å². The van der Waals surface area contributed by atoms with Gasteiger partial charge in [0.25, 0.3) is 0 Å². The molecule has 0 radical (unpaired) electrons. The largest absolute Gasteiger partial charge is 0.355 e. The van der Waals surface area contributed by atoms with E-state index in [2.05, 4.69) is 39.2 Å². The van der Waals surface area contributed by atoms with E-state index >= 15 is 0 Å². The number of rotatable bonds is 5. The van der Waals surface area contributed by atoms with Crippen LogP contribution in [-0.2, 0) is 4.79 Å². The first-order valence-corrected chi connectivity index (χ1v) is 9.73. The third-order valence-electron chi connectivity index (χ3n) is 5.42. The van der Waals surface area contributed by atoms with E-state index in [9.17, 15) is 4.79 Å². The molecule has 2 aromatic carbocycles. The van der Waals surface area contributed by atoms with Gasteiger partial charge in [-0.15, -0.1) is 0 Å². The zero-order valence-electron chi connectivity index (χ0n) is 15.7. The Morgan fingerprint density at radius 2 is 2.00 bits per heavy atom. The molecule has 0 aliphatic carbocycles. The number of para-hydroxylation sites is 2. The Morgan fingerprint density at radius 3 is 2.81 bits per heavy atom. The first-order valence-electron chi connectivity index (χ1n) is 9.73. The van der Waals surface area contributed by atoms with Crippen LogP contribution < -0.4 is 10.2 Å². The lowest BCUT2D eigenvalue weighted by atomic mass is 9.96. The Bertz CT molecular complexity index is 872. The first kappa shape index (κ1) is 17.6. The summed E-state index contributed by atoms with van der Waals surface area (Å²) in [6.45, 7) is 4.47. The number of piperidine rings is 1. The molecular weight excluding hydrogens is 336 g/mol. The van der Waals surface area contributed by atoms with Gasteiger partial charge in [0.15, 0.2) is 0 Å². The number of carbonyl (C=O) groups excluding carboxylic acids is 1. The summed E-state index contributed by atoms with van der Waals surface area (Å²) in [4.78, 5) is 23.0. The van der Waals surface area contributed by atoms with Crippen LogP contribution in [0.3, 0.4) is 0 Å². The fourth-order valence-electron chi connectivity index (χ4n) is 3.77. The van der Waals surface area contributed by atoms with Gasteiger partial charge in [0.1, 0.15) is 0 Å². The first-order chi connectivity index (χ1) is 13.2. The fraction of sp³-hybridized carbons (Fsp3) is 0.364. The molecule has 3 aromatic rings. The van der Waals surface area contributed by atoms with E-state index in [0.717, 1.165) is 36.4 Å². The smallest absolute Gasteiger partial charge is 0.224 e. The Balaban J connectivity index is 1.36. The number of nitrogens with zero attached hydrogens (tertiary/aromatic N) is 2. The zero-order valence-corrected chi connectivity index (χ0v) is 15.7. The van der Waals surface area contributed by atoms with Crippen LogP contribution >= 0.6 is 0 Å². The summed E-state index contributed by atoms with van der Waals surface area (Å²) in [7, 11) is 0. The van der Waals surface area contributed by atoms with Gasteiger partial charge in [-0.2, -0.15) is 0 Å². The molecule has 0 bridgehead atoms. The molecule has 1 aliphatic rings. The number of aromatic amines is 1. The van der Waals surface area contributed by atoms with Gasteiger partial charge in [-0.05, 0) is 36.5 Å². The van der Waals surface area contributed by atoms with E-state index < -0.39 is 0 Å². The molecule has 5 nitrogen and oxygen atoms in total. The number of fused-ring (bicyclic) bond motifs is 1. The SMILES string of the molecule is CC(CNC(=O)C1CCCN(c2nc3ccccc3[nH]2)C1)c1ccccc1. The Morgan fingerprint density at radius 1 is 1.22 bits per heavy atom. The summed E-state index contributed by atoms with van der Waals surface area (Å²) in [5.74, 6) is 1.34. The molecule has 2 N–H and O–H groups in total. The van der Waals surface area contributed by atoms with Crippen LogP contribution in [0.2, 0.25) is 0 Å². The fourth-order valence-corrected chi connectivity index (χ4v) is 3.77. The molecule has 0 saturated carbocycles. The van der Waals surface area contributed by atoms with Crippen LogP contribution in [0.4, 0.5) is 5.95 Å². The molecule has 0 spiro atoms. The van der Waals surface area contributed by atoms with Crippen molar-refractivity contribution < 1.29 is 4.79 Å². The minimum absolute atomic E-state index is 0.00920. The van der Waals surface area contributed by atoms with Gasteiger partial charge in [-0.1, -0.05) is 49.4 Å². The summed E-state index contributed by atoms with van der Waals surface area (Å²) >= 11 is 0. The molecular formula is C22H26N4O. The summed E-state index contributed by atoms with van der Waals surface area (Å²) < 4.78 is 0. The minimum Gasteiger partial charge on any atom is -0.355 e. The number of nitrogens with one attached hydrogen (secondary N) is 2. The maximum Gasteiger partial charge on any atom is 0.224 e. The predicted octanol–water partition coefficient (Wildman–Crippen LogP) is 3.70. The molecule has 2 atom stereocenters. The number of imidazole rings is 1. The molecule has 140 valence electrons. The molecule has 27 heavy (non-hydrogen) atoms. The van der Waals surface area contributed by atoms with Crippen molar-refractivity contribution in [2.24, 2.45) is 5.92 Å². The third-order valence-corrected chi connectivity index (χ3v) is 5.42. The third kappa shape index (κ3) is 3.97. The number of benzene rings is 2. The normalized spacial score (nSPS) is 18.4. The van der Waals surface area contributed by atoms with Gasteiger partial charge in [-0.25, -0.2) is 4.98 Å².